The van der Waals surface area contributed by atoms with E-state index in [1.165, 1.54) is 18.9 Å². The summed E-state index contributed by atoms with van der Waals surface area (Å²) in [6.45, 7) is 1.63. The molecule has 9 heteroatoms. The lowest BCUT2D eigenvalue weighted by Gasteiger charge is -2.18. The van der Waals surface area contributed by atoms with Crippen LogP contribution < -0.4 is 5.32 Å². The number of rotatable bonds is 5. The second-order valence-electron chi connectivity index (χ2n) is 4.98. The Bertz CT molecular complexity index is 722. The van der Waals surface area contributed by atoms with E-state index in [9.17, 15) is 9.59 Å². The largest absolute Gasteiger partial charge is 0.481 e. The number of anilines is 1. The fourth-order valence-electron chi connectivity index (χ4n) is 1.78. The molecule has 0 aliphatic rings. The highest BCUT2D eigenvalue weighted by Gasteiger charge is 2.18. The minimum Gasteiger partial charge on any atom is -0.481 e. The zero-order chi connectivity index (χ0) is 17.0. The molecule has 2 N–H and O–H groups in total. The van der Waals surface area contributed by atoms with Crippen LogP contribution in [-0.4, -0.2) is 45.0 Å². The lowest BCUT2D eigenvalue weighted by atomic mass is 10.2. The van der Waals surface area contributed by atoms with Crippen LogP contribution >= 0.6 is 23.1 Å². The average Bonchev–Trinajstić information content (AvgIpc) is 2.95. The molecule has 0 fully saturated rings. The molecule has 2 aromatic rings. The summed E-state index contributed by atoms with van der Waals surface area (Å²) in [4.78, 5) is 28.3. The fourth-order valence-corrected chi connectivity index (χ4v) is 2.55. The number of carboxylic acid groups (broad SMARTS) is 1. The number of aromatic nitrogens is 2. The van der Waals surface area contributed by atoms with Gasteiger partial charge in [0.1, 0.15) is 0 Å². The summed E-state index contributed by atoms with van der Waals surface area (Å²) in [6, 6.07) is 6.65. The van der Waals surface area contributed by atoms with Gasteiger partial charge in [0.15, 0.2) is 5.82 Å². The fraction of sp³-hybridized carbons (Fsp3) is 0.286. The van der Waals surface area contributed by atoms with E-state index in [-0.39, 0.29) is 6.54 Å². The van der Waals surface area contributed by atoms with Crippen molar-refractivity contribution in [2.24, 2.45) is 5.92 Å². The van der Waals surface area contributed by atoms with Crippen LogP contribution in [0.1, 0.15) is 6.92 Å². The first kappa shape index (κ1) is 17.2. The summed E-state index contributed by atoms with van der Waals surface area (Å²) in [6.07, 6.45) is 0. The van der Waals surface area contributed by atoms with Crippen molar-refractivity contribution >= 4 is 40.3 Å². The predicted molar refractivity (Wildman–Crippen MR) is 88.8 cm³/mol. The van der Waals surface area contributed by atoms with E-state index in [2.05, 4.69) is 14.7 Å². The van der Waals surface area contributed by atoms with Gasteiger partial charge < -0.3 is 10.0 Å². The minimum atomic E-state index is -0.955. The van der Waals surface area contributed by atoms with Crippen molar-refractivity contribution < 1.29 is 14.7 Å². The second-order valence-corrected chi connectivity index (χ2v) is 6.17. The Morgan fingerprint density at radius 2 is 2.22 bits per heavy atom. The number of carbonyl (C=O) groups excluding carboxylic acids is 1. The maximum atomic E-state index is 12.0. The third kappa shape index (κ3) is 4.64. The van der Waals surface area contributed by atoms with Crippen LogP contribution in [0.4, 0.5) is 9.93 Å². The number of carbonyl (C=O) groups is 2. The van der Waals surface area contributed by atoms with Gasteiger partial charge in [-0.2, -0.15) is 9.36 Å². The third-order valence-electron chi connectivity index (χ3n) is 3.04. The molecule has 1 atom stereocenters. The van der Waals surface area contributed by atoms with Crippen LogP contribution in [0, 0.1) is 5.92 Å². The Morgan fingerprint density at radius 1 is 1.48 bits per heavy atom. The molecule has 0 aliphatic carbocycles. The predicted octanol–water partition coefficient (Wildman–Crippen LogP) is 3.04. The number of aliphatic carboxylic acids is 1. The van der Waals surface area contributed by atoms with E-state index in [4.69, 9.17) is 16.7 Å². The second kappa shape index (κ2) is 7.38. The van der Waals surface area contributed by atoms with Gasteiger partial charge in [0.2, 0.25) is 5.13 Å². The number of halogens is 1. The minimum absolute atomic E-state index is 0.0983. The number of hydrogen-bond donors (Lipinski definition) is 2. The van der Waals surface area contributed by atoms with E-state index in [0.29, 0.717) is 16.0 Å². The van der Waals surface area contributed by atoms with E-state index in [0.717, 1.165) is 17.1 Å². The maximum absolute atomic E-state index is 12.0. The van der Waals surface area contributed by atoms with Crippen LogP contribution in [0.2, 0.25) is 5.02 Å². The molecular formula is C14H15ClN4O3S. The van der Waals surface area contributed by atoms with Crippen LogP contribution in [0.25, 0.3) is 11.4 Å². The highest BCUT2D eigenvalue weighted by atomic mass is 35.5. The number of carboxylic acids is 1. The Kier molecular flexibility index (Phi) is 5.51. The van der Waals surface area contributed by atoms with E-state index < -0.39 is 17.9 Å². The Balaban J connectivity index is 2.01. The highest BCUT2D eigenvalue weighted by molar-refractivity contribution is 7.10. The van der Waals surface area contributed by atoms with Crippen LogP contribution in [0.3, 0.4) is 0 Å². The molecule has 1 aromatic carbocycles. The lowest BCUT2D eigenvalue weighted by molar-refractivity contribution is -0.141. The van der Waals surface area contributed by atoms with Crippen molar-refractivity contribution in [3.8, 4) is 11.4 Å². The van der Waals surface area contributed by atoms with E-state index in [1.54, 1.807) is 18.2 Å². The molecule has 0 spiro atoms. The third-order valence-corrected chi connectivity index (χ3v) is 3.90. The molecule has 1 unspecified atom stereocenters. The molecule has 1 aromatic heterocycles. The molecule has 0 saturated heterocycles. The molecule has 2 amide bonds. The number of hydrogen-bond acceptors (Lipinski definition) is 5. The summed E-state index contributed by atoms with van der Waals surface area (Å²) in [5.41, 5.74) is 0.752. The SMILES string of the molecule is CC(CN(C)C(=O)Nc1nc(-c2cccc(Cl)c2)ns1)C(=O)O. The molecule has 1 heterocycles. The number of benzene rings is 1. The van der Waals surface area contributed by atoms with Gasteiger partial charge in [-0.3, -0.25) is 10.1 Å². The van der Waals surface area contributed by atoms with E-state index in [1.807, 2.05) is 6.07 Å². The lowest BCUT2D eigenvalue weighted by Crippen LogP contribution is -2.36. The van der Waals surface area contributed by atoms with Crippen molar-refractivity contribution in [1.29, 1.82) is 0 Å². The smallest absolute Gasteiger partial charge is 0.323 e. The summed E-state index contributed by atoms with van der Waals surface area (Å²) in [5, 5.41) is 12.4. The van der Waals surface area contributed by atoms with Crippen molar-refractivity contribution in [1.82, 2.24) is 14.3 Å². The monoisotopic (exact) mass is 354 g/mol. The number of nitrogens with zero attached hydrogens (tertiary/aromatic N) is 3. The zero-order valence-corrected chi connectivity index (χ0v) is 14.1. The molecular weight excluding hydrogens is 340 g/mol. The zero-order valence-electron chi connectivity index (χ0n) is 12.5. The molecule has 122 valence electrons. The Hall–Kier alpha value is -2.19. The van der Waals surface area contributed by atoms with Gasteiger partial charge in [-0.15, -0.1) is 0 Å². The molecule has 0 saturated carbocycles. The van der Waals surface area contributed by atoms with Gasteiger partial charge in [0.25, 0.3) is 0 Å². The first-order valence-corrected chi connectivity index (χ1v) is 7.86. The van der Waals surface area contributed by atoms with Gasteiger partial charge in [0.05, 0.1) is 5.92 Å². The summed E-state index contributed by atoms with van der Waals surface area (Å²) < 4.78 is 4.17. The van der Waals surface area contributed by atoms with Gasteiger partial charge in [-0.25, -0.2) is 4.79 Å². The van der Waals surface area contributed by atoms with Gasteiger partial charge in [-0.1, -0.05) is 30.7 Å². The Labute approximate surface area is 142 Å². The highest BCUT2D eigenvalue weighted by Crippen LogP contribution is 2.23. The first-order valence-electron chi connectivity index (χ1n) is 6.71. The number of nitrogens with one attached hydrogen (secondary N) is 1. The summed E-state index contributed by atoms with van der Waals surface area (Å²) >= 11 is 6.97. The molecule has 23 heavy (non-hydrogen) atoms. The van der Waals surface area contributed by atoms with Crippen molar-refractivity contribution in [3.05, 3.63) is 29.3 Å². The standard InChI is InChI=1S/C14H15ClN4O3S/c1-8(12(20)21)7-19(2)14(22)17-13-16-11(18-23-13)9-4-3-5-10(15)6-9/h3-6,8H,7H2,1-2H3,(H,20,21)(H,16,17,18,22). The molecule has 2 rings (SSSR count). The number of urea groups is 1. The van der Waals surface area contributed by atoms with Gasteiger partial charge in [0, 0.05) is 35.7 Å². The van der Waals surface area contributed by atoms with Crippen molar-refractivity contribution in [3.63, 3.8) is 0 Å². The van der Waals surface area contributed by atoms with Gasteiger partial charge >= 0.3 is 12.0 Å². The average molecular weight is 355 g/mol. The normalized spacial score (nSPS) is 11.8. The van der Waals surface area contributed by atoms with Crippen molar-refractivity contribution in [2.75, 3.05) is 18.9 Å². The van der Waals surface area contributed by atoms with Crippen LogP contribution in [0.5, 0.6) is 0 Å². The quantitative estimate of drug-likeness (QED) is 0.860. The van der Waals surface area contributed by atoms with Crippen molar-refractivity contribution in [2.45, 2.75) is 6.92 Å². The number of amides is 2. The topological polar surface area (TPSA) is 95.4 Å². The maximum Gasteiger partial charge on any atom is 0.323 e. The van der Waals surface area contributed by atoms with Crippen LogP contribution in [-0.2, 0) is 4.79 Å². The van der Waals surface area contributed by atoms with E-state index >= 15 is 0 Å². The van der Waals surface area contributed by atoms with Gasteiger partial charge in [-0.05, 0) is 12.1 Å². The molecule has 0 radical (unpaired) electrons. The van der Waals surface area contributed by atoms with Crippen LogP contribution in [0.15, 0.2) is 24.3 Å². The molecule has 0 aliphatic heterocycles. The Morgan fingerprint density at radius 3 is 2.87 bits per heavy atom. The molecule has 0 bridgehead atoms. The molecule has 7 nitrogen and oxygen atoms in total. The first-order chi connectivity index (χ1) is 10.9. The summed E-state index contributed by atoms with van der Waals surface area (Å²) in [5.74, 6) is -1.14. The summed E-state index contributed by atoms with van der Waals surface area (Å²) in [7, 11) is 1.52.